The molecule has 7 nitrogen and oxygen atoms in total. The summed E-state index contributed by atoms with van der Waals surface area (Å²) in [5.74, 6) is -2.80. The van der Waals surface area contributed by atoms with Gasteiger partial charge in [-0.05, 0) is 65.4 Å². The van der Waals surface area contributed by atoms with Crippen molar-refractivity contribution in [2.24, 2.45) is 0 Å². The first kappa shape index (κ1) is 26.5. The lowest BCUT2D eigenvalue weighted by Crippen LogP contribution is -2.42. The van der Waals surface area contributed by atoms with Gasteiger partial charge in [-0.2, -0.15) is 0 Å². The van der Waals surface area contributed by atoms with Gasteiger partial charge in [0, 0.05) is 13.1 Å². The van der Waals surface area contributed by atoms with Crippen LogP contribution < -0.4 is 19.7 Å². The van der Waals surface area contributed by atoms with Crippen molar-refractivity contribution in [2.45, 2.75) is 12.8 Å². The molecule has 0 spiro atoms. The SMILES string of the molecule is COc1ccc(CCN(C)CCC=C2c3ccccc3-c3ccccc32)cc1OC.O=C([O-])C(=O)[O-]. The zero-order chi connectivity index (χ0) is 26.1. The Hall–Kier alpha value is -4.10. The first-order valence-electron chi connectivity index (χ1n) is 11.6. The highest BCUT2D eigenvalue weighted by Gasteiger charge is 2.21. The predicted octanol–water partition coefficient (Wildman–Crippen LogP) is 2.17. The molecule has 0 bridgehead atoms. The Labute approximate surface area is 211 Å². The van der Waals surface area contributed by atoms with Gasteiger partial charge >= 0.3 is 0 Å². The molecule has 0 saturated carbocycles. The van der Waals surface area contributed by atoms with E-state index in [-0.39, 0.29) is 0 Å². The van der Waals surface area contributed by atoms with Crippen molar-refractivity contribution in [3.63, 3.8) is 0 Å². The molecule has 3 aromatic rings. The minimum atomic E-state index is -2.19. The van der Waals surface area contributed by atoms with Crippen LogP contribution >= 0.6 is 0 Å². The molecule has 4 rings (SSSR count). The van der Waals surface area contributed by atoms with E-state index >= 15 is 0 Å². The molecular weight excluding hydrogens is 458 g/mol. The number of likely N-dealkylation sites (N-methyl/N-ethyl adjacent to an activating group) is 1. The summed E-state index contributed by atoms with van der Waals surface area (Å²) in [7, 11) is 5.54. The van der Waals surface area contributed by atoms with Crippen LogP contribution in [0.1, 0.15) is 23.1 Å². The molecule has 0 fully saturated rings. The summed E-state index contributed by atoms with van der Waals surface area (Å²) in [5.41, 5.74) is 8.03. The first-order chi connectivity index (χ1) is 17.3. The van der Waals surface area contributed by atoms with E-state index in [1.54, 1.807) is 14.2 Å². The summed E-state index contributed by atoms with van der Waals surface area (Å²) in [5, 5.41) is 17.9. The Morgan fingerprint density at radius 3 is 1.81 bits per heavy atom. The Kier molecular flexibility index (Phi) is 9.25. The van der Waals surface area contributed by atoms with Crippen LogP contribution in [0.15, 0.2) is 72.8 Å². The molecule has 1 aliphatic carbocycles. The molecule has 0 saturated heterocycles. The van der Waals surface area contributed by atoms with Gasteiger partial charge in [0.15, 0.2) is 11.5 Å². The van der Waals surface area contributed by atoms with Crippen molar-refractivity contribution in [1.29, 1.82) is 0 Å². The van der Waals surface area contributed by atoms with Crippen LogP contribution in [0.4, 0.5) is 0 Å². The van der Waals surface area contributed by atoms with E-state index in [2.05, 4.69) is 78.7 Å². The molecule has 0 N–H and O–H groups in total. The number of carboxylic acids is 2. The lowest BCUT2D eigenvalue weighted by atomic mass is 10.0. The van der Waals surface area contributed by atoms with E-state index in [0.717, 1.165) is 37.4 Å². The summed E-state index contributed by atoms with van der Waals surface area (Å²) in [6, 6.07) is 23.6. The highest BCUT2D eigenvalue weighted by molar-refractivity contribution is 6.25. The highest BCUT2D eigenvalue weighted by Crippen LogP contribution is 2.43. The van der Waals surface area contributed by atoms with Gasteiger partial charge in [0.25, 0.3) is 0 Å². The number of carbonyl (C=O) groups is 2. The number of ether oxygens (including phenoxy) is 2. The van der Waals surface area contributed by atoms with Gasteiger partial charge in [0.2, 0.25) is 0 Å². The van der Waals surface area contributed by atoms with Crippen LogP contribution in [0.3, 0.4) is 0 Å². The highest BCUT2D eigenvalue weighted by atomic mass is 16.5. The number of hydrogen-bond donors (Lipinski definition) is 0. The Balaban J connectivity index is 0.000000538. The second-order valence-corrected chi connectivity index (χ2v) is 8.32. The second kappa shape index (κ2) is 12.6. The van der Waals surface area contributed by atoms with Crippen LogP contribution in [-0.2, 0) is 16.0 Å². The molecule has 0 unspecified atom stereocenters. The zero-order valence-electron chi connectivity index (χ0n) is 20.7. The van der Waals surface area contributed by atoms with Gasteiger partial charge in [0.05, 0.1) is 26.2 Å². The summed E-state index contributed by atoms with van der Waals surface area (Å²) >= 11 is 0. The average molecular weight is 488 g/mol. The number of nitrogens with zero attached hydrogens (tertiary/aromatic N) is 1. The van der Waals surface area contributed by atoms with Gasteiger partial charge in [-0.15, -0.1) is 0 Å². The van der Waals surface area contributed by atoms with Gasteiger partial charge in [-0.25, -0.2) is 0 Å². The lowest BCUT2D eigenvalue weighted by molar-refractivity contribution is -0.345. The molecule has 7 heteroatoms. The number of methoxy groups -OCH3 is 2. The summed E-state index contributed by atoms with van der Waals surface area (Å²) in [6.07, 6.45) is 4.41. The number of aliphatic carboxylic acids is 2. The maximum absolute atomic E-state index is 8.93. The van der Waals surface area contributed by atoms with Gasteiger partial charge in [-0.3, -0.25) is 0 Å². The van der Waals surface area contributed by atoms with Gasteiger partial charge < -0.3 is 34.2 Å². The molecule has 0 amide bonds. The fourth-order valence-corrected chi connectivity index (χ4v) is 4.17. The third-order valence-electron chi connectivity index (χ3n) is 5.98. The van der Waals surface area contributed by atoms with Crippen molar-refractivity contribution in [3.8, 4) is 22.6 Å². The maximum Gasteiger partial charge on any atom is 0.160 e. The predicted molar refractivity (Wildman–Crippen MR) is 134 cm³/mol. The van der Waals surface area contributed by atoms with Crippen molar-refractivity contribution in [1.82, 2.24) is 4.90 Å². The Morgan fingerprint density at radius 2 is 1.31 bits per heavy atom. The molecule has 36 heavy (non-hydrogen) atoms. The molecule has 0 atom stereocenters. The number of carboxylic acid groups (broad SMARTS) is 2. The van der Waals surface area contributed by atoms with Crippen molar-refractivity contribution < 1.29 is 29.3 Å². The molecule has 3 aromatic carbocycles. The van der Waals surface area contributed by atoms with E-state index in [0.29, 0.717) is 0 Å². The molecule has 0 aliphatic heterocycles. The van der Waals surface area contributed by atoms with Crippen LogP contribution in [0.2, 0.25) is 0 Å². The monoisotopic (exact) mass is 487 g/mol. The summed E-state index contributed by atoms with van der Waals surface area (Å²) in [4.78, 5) is 20.2. The fraction of sp³-hybridized carbons (Fsp3) is 0.241. The van der Waals surface area contributed by atoms with Crippen molar-refractivity contribution in [3.05, 3.63) is 89.5 Å². The molecule has 1 aliphatic rings. The number of carbonyl (C=O) groups excluding carboxylic acids is 2. The van der Waals surface area contributed by atoms with E-state index in [1.165, 1.54) is 33.4 Å². The smallest absolute Gasteiger partial charge is 0.160 e. The van der Waals surface area contributed by atoms with Gasteiger partial charge in [0.1, 0.15) is 0 Å². The third kappa shape index (κ3) is 6.52. The average Bonchev–Trinajstić information content (AvgIpc) is 3.21. The van der Waals surface area contributed by atoms with Crippen molar-refractivity contribution >= 4 is 17.5 Å². The number of fused-ring (bicyclic) bond motifs is 3. The van der Waals surface area contributed by atoms with E-state index < -0.39 is 11.9 Å². The largest absolute Gasteiger partial charge is 0.543 e. The molecule has 0 heterocycles. The molecule has 0 aromatic heterocycles. The van der Waals surface area contributed by atoms with E-state index in [1.807, 2.05) is 6.07 Å². The standard InChI is InChI=1S/C27H29NO2.C2H2O4/c1-28(18-16-20-14-15-26(29-2)27(19-20)30-3)17-8-13-25-23-11-6-4-9-21(23)22-10-5-7-12-24(22)25;3-1(4)2(5)6/h4-7,9-15,19H,8,16-18H2,1-3H3;(H,3,4)(H,5,6)/p-2. The lowest BCUT2D eigenvalue weighted by Gasteiger charge is -2.16. The van der Waals surface area contributed by atoms with Crippen LogP contribution in [0, 0.1) is 0 Å². The Bertz CT molecular complexity index is 1190. The summed E-state index contributed by atoms with van der Waals surface area (Å²) in [6.45, 7) is 2.03. The number of rotatable bonds is 8. The molecule has 188 valence electrons. The minimum Gasteiger partial charge on any atom is -0.543 e. The van der Waals surface area contributed by atoms with Crippen molar-refractivity contribution in [2.75, 3.05) is 34.4 Å². The minimum absolute atomic E-state index is 0.776. The third-order valence-corrected chi connectivity index (χ3v) is 5.98. The van der Waals surface area contributed by atoms with E-state index in [9.17, 15) is 0 Å². The maximum atomic E-state index is 8.93. The van der Waals surface area contributed by atoms with E-state index in [4.69, 9.17) is 29.3 Å². The van der Waals surface area contributed by atoms with Crippen LogP contribution in [0.25, 0.3) is 16.7 Å². The number of hydrogen-bond acceptors (Lipinski definition) is 7. The van der Waals surface area contributed by atoms with Crippen LogP contribution in [-0.4, -0.2) is 51.2 Å². The molecule has 0 radical (unpaired) electrons. The molecular formula is C29H29NO6-2. The Morgan fingerprint density at radius 1 is 0.778 bits per heavy atom. The summed E-state index contributed by atoms with van der Waals surface area (Å²) < 4.78 is 10.7. The zero-order valence-corrected chi connectivity index (χ0v) is 20.7. The fourth-order valence-electron chi connectivity index (χ4n) is 4.17. The second-order valence-electron chi connectivity index (χ2n) is 8.32. The topological polar surface area (TPSA) is 102 Å². The quantitative estimate of drug-likeness (QED) is 0.351. The number of benzene rings is 3. The normalized spacial score (nSPS) is 11.2. The first-order valence-corrected chi connectivity index (χ1v) is 11.6. The van der Waals surface area contributed by atoms with Crippen LogP contribution in [0.5, 0.6) is 11.5 Å². The van der Waals surface area contributed by atoms with Gasteiger partial charge in [-0.1, -0.05) is 60.7 Å².